The van der Waals surface area contributed by atoms with E-state index in [1.54, 1.807) is 25.3 Å². The van der Waals surface area contributed by atoms with Crippen molar-refractivity contribution in [2.75, 3.05) is 57.6 Å². The number of halogens is 4. The molecule has 1 fully saturated rings. The van der Waals surface area contributed by atoms with Crippen molar-refractivity contribution in [1.29, 1.82) is 0 Å². The highest BCUT2D eigenvalue weighted by Gasteiger charge is 2.30. The lowest BCUT2D eigenvalue weighted by molar-refractivity contribution is -0.140. The van der Waals surface area contributed by atoms with Crippen LogP contribution in [0.15, 0.2) is 47.4 Å². The van der Waals surface area contributed by atoms with Crippen LogP contribution in [0, 0.1) is 11.8 Å². The zero-order valence-corrected chi connectivity index (χ0v) is 25.8. The summed E-state index contributed by atoms with van der Waals surface area (Å²) in [6, 6.07) is 11.6. The molecule has 240 valence electrons. The first-order valence-electron chi connectivity index (χ1n) is 14.3. The summed E-state index contributed by atoms with van der Waals surface area (Å²) >= 11 is 0. The van der Waals surface area contributed by atoms with E-state index >= 15 is 0 Å². The van der Waals surface area contributed by atoms with Crippen molar-refractivity contribution in [3.8, 4) is 17.6 Å². The van der Waals surface area contributed by atoms with Crippen molar-refractivity contribution in [3.63, 3.8) is 0 Å². The van der Waals surface area contributed by atoms with Crippen molar-refractivity contribution in [2.45, 2.75) is 55.4 Å². The quantitative estimate of drug-likeness (QED) is 0.195. The number of ether oxygens (including phenoxy) is 2. The molecule has 0 atom stereocenters. The first kappa shape index (κ1) is 33.4. The molecule has 0 amide bonds. The molecule has 1 aromatic heterocycles. The molecule has 0 spiro atoms. The summed E-state index contributed by atoms with van der Waals surface area (Å²) in [5.74, 6) is 5.66. The molecule has 1 saturated carbocycles. The Kier molecular flexibility index (Phi) is 11.0. The summed E-state index contributed by atoms with van der Waals surface area (Å²) in [5.41, 5.74) is 1.68. The molecule has 8 nitrogen and oxygen atoms in total. The molecule has 0 saturated heterocycles. The maximum absolute atomic E-state index is 13.6. The Morgan fingerprint density at radius 3 is 2.50 bits per heavy atom. The first-order chi connectivity index (χ1) is 20.9. The molecule has 1 aliphatic rings. The summed E-state index contributed by atoms with van der Waals surface area (Å²) < 4.78 is 88.8. The molecule has 2 N–H and O–H groups in total. The van der Waals surface area contributed by atoms with Gasteiger partial charge in [0, 0.05) is 49.1 Å². The van der Waals surface area contributed by atoms with Gasteiger partial charge in [0.15, 0.2) is 9.84 Å². The molecular weight excluding hydrogens is 600 g/mol. The second-order valence-electron chi connectivity index (χ2n) is 10.9. The number of fused-ring (bicyclic) bond motifs is 1. The van der Waals surface area contributed by atoms with Gasteiger partial charge in [-0.2, -0.15) is 13.2 Å². The predicted octanol–water partition coefficient (Wildman–Crippen LogP) is 5.68. The van der Waals surface area contributed by atoms with Gasteiger partial charge in [0.1, 0.15) is 12.3 Å². The number of likely N-dealkylation sites (N-methyl/N-ethyl adjacent to an activating group) is 1. The number of benzene rings is 2. The number of nitrogens with zero attached hydrogens (tertiary/aromatic N) is 2. The van der Waals surface area contributed by atoms with Gasteiger partial charge in [-0.15, -0.1) is 0 Å². The van der Waals surface area contributed by atoms with Crippen molar-refractivity contribution < 1.29 is 35.5 Å². The van der Waals surface area contributed by atoms with Crippen LogP contribution in [0.4, 0.5) is 28.9 Å². The molecule has 13 heteroatoms. The van der Waals surface area contributed by atoms with Crippen molar-refractivity contribution >= 4 is 32.1 Å². The van der Waals surface area contributed by atoms with Gasteiger partial charge < -0.3 is 29.6 Å². The van der Waals surface area contributed by atoms with Crippen LogP contribution in [0.3, 0.4) is 0 Å². The Labute approximate surface area is 255 Å². The van der Waals surface area contributed by atoms with Crippen LogP contribution in [0.25, 0.3) is 10.9 Å². The normalized spacial score (nSPS) is 17.4. The Morgan fingerprint density at radius 1 is 1.09 bits per heavy atom. The van der Waals surface area contributed by atoms with Gasteiger partial charge in [0.05, 0.1) is 34.9 Å². The fourth-order valence-corrected chi connectivity index (χ4v) is 6.13. The van der Waals surface area contributed by atoms with Crippen LogP contribution in [0.5, 0.6) is 5.75 Å². The zero-order valence-electron chi connectivity index (χ0n) is 25.0. The van der Waals surface area contributed by atoms with Crippen molar-refractivity contribution in [1.82, 2.24) is 9.47 Å². The topological polar surface area (TPSA) is 84.8 Å². The molecular formula is C31H38F4N4O4S. The van der Waals surface area contributed by atoms with Crippen molar-refractivity contribution in [2.24, 2.45) is 0 Å². The number of rotatable bonds is 12. The Morgan fingerprint density at radius 2 is 1.84 bits per heavy atom. The molecule has 0 unspecified atom stereocenters. The Balaban J connectivity index is 1.53. The molecule has 1 aliphatic carbocycles. The minimum Gasteiger partial charge on any atom is -0.461 e. The van der Waals surface area contributed by atoms with E-state index in [0.717, 1.165) is 48.7 Å². The minimum atomic E-state index is -4.46. The second-order valence-corrected chi connectivity index (χ2v) is 12.9. The predicted molar refractivity (Wildman–Crippen MR) is 164 cm³/mol. The fraction of sp³-hybridized carbons (Fsp3) is 0.484. The SMILES string of the molecule is COCCN(C)C1CCC(Nc2cccc3c2cc(C#CCNc2ccc(S(C)(=O)=O)cc2OCF)n3CC(F)(F)F)CC1. The van der Waals surface area contributed by atoms with Crippen LogP contribution < -0.4 is 15.4 Å². The second kappa shape index (κ2) is 14.5. The lowest BCUT2D eigenvalue weighted by atomic mass is 9.90. The number of aromatic nitrogens is 1. The highest BCUT2D eigenvalue weighted by atomic mass is 32.2. The van der Waals surface area contributed by atoms with E-state index in [4.69, 9.17) is 9.47 Å². The number of hydrogen-bond donors (Lipinski definition) is 2. The van der Waals surface area contributed by atoms with Gasteiger partial charge in [-0.3, -0.25) is 0 Å². The molecule has 1 heterocycles. The minimum absolute atomic E-state index is 0.0123. The van der Waals surface area contributed by atoms with Crippen LogP contribution in [-0.4, -0.2) is 83.1 Å². The van der Waals surface area contributed by atoms with Gasteiger partial charge in [0.2, 0.25) is 6.86 Å². The third-order valence-electron chi connectivity index (χ3n) is 7.79. The highest BCUT2D eigenvalue weighted by molar-refractivity contribution is 7.90. The van der Waals surface area contributed by atoms with Crippen LogP contribution >= 0.6 is 0 Å². The first-order valence-corrected chi connectivity index (χ1v) is 16.2. The molecule has 4 rings (SSSR count). The van der Waals surface area contributed by atoms with Crippen LogP contribution in [-0.2, 0) is 21.1 Å². The summed E-state index contributed by atoms with van der Waals surface area (Å²) in [4.78, 5) is 2.28. The molecule has 0 bridgehead atoms. The van der Waals surface area contributed by atoms with Gasteiger partial charge in [0.25, 0.3) is 0 Å². The molecule has 3 aromatic rings. The largest absolute Gasteiger partial charge is 0.461 e. The summed E-state index contributed by atoms with van der Waals surface area (Å²) in [5, 5.41) is 7.14. The number of nitrogens with one attached hydrogen (secondary N) is 2. The monoisotopic (exact) mass is 638 g/mol. The smallest absolute Gasteiger partial charge is 0.406 e. The number of hydrogen-bond acceptors (Lipinski definition) is 7. The number of methoxy groups -OCH3 is 1. The van der Waals surface area contributed by atoms with E-state index in [2.05, 4.69) is 34.4 Å². The summed E-state index contributed by atoms with van der Waals surface area (Å²) in [6.07, 6.45) is 0.481. The maximum Gasteiger partial charge on any atom is 0.406 e. The third kappa shape index (κ3) is 8.80. The number of alkyl halides is 4. The summed E-state index contributed by atoms with van der Waals surface area (Å²) in [7, 11) is 0.252. The van der Waals surface area contributed by atoms with E-state index in [-0.39, 0.29) is 28.9 Å². The number of sulfone groups is 1. The summed E-state index contributed by atoms with van der Waals surface area (Å²) in [6.45, 7) is -0.833. The van der Waals surface area contributed by atoms with Gasteiger partial charge in [-0.25, -0.2) is 12.8 Å². The van der Waals surface area contributed by atoms with Crippen LogP contribution in [0.1, 0.15) is 31.4 Å². The number of anilines is 2. The maximum atomic E-state index is 13.6. The van der Waals surface area contributed by atoms with Gasteiger partial charge in [-0.1, -0.05) is 12.0 Å². The highest BCUT2D eigenvalue weighted by Crippen LogP contribution is 2.33. The molecule has 0 radical (unpaired) electrons. The van der Waals surface area contributed by atoms with E-state index in [9.17, 15) is 26.0 Å². The average molecular weight is 639 g/mol. The van der Waals surface area contributed by atoms with E-state index in [1.165, 1.54) is 18.2 Å². The lowest BCUT2D eigenvalue weighted by Crippen LogP contribution is -2.39. The zero-order chi connectivity index (χ0) is 31.9. The van der Waals surface area contributed by atoms with E-state index in [1.807, 2.05) is 6.07 Å². The average Bonchev–Trinajstić information content (AvgIpc) is 3.31. The van der Waals surface area contributed by atoms with Crippen molar-refractivity contribution in [3.05, 3.63) is 48.2 Å². The molecule has 0 aliphatic heterocycles. The Bertz CT molecular complexity index is 1590. The molecule has 2 aromatic carbocycles. The third-order valence-corrected chi connectivity index (χ3v) is 8.90. The van der Waals surface area contributed by atoms with E-state index < -0.39 is 29.4 Å². The Hall–Kier alpha value is -3.47. The fourth-order valence-electron chi connectivity index (χ4n) is 5.49. The molecule has 44 heavy (non-hydrogen) atoms. The van der Waals surface area contributed by atoms with Gasteiger partial charge >= 0.3 is 6.18 Å². The van der Waals surface area contributed by atoms with Gasteiger partial charge in [-0.05, 0) is 69.0 Å². The lowest BCUT2D eigenvalue weighted by Gasteiger charge is -2.35. The van der Waals surface area contributed by atoms with Crippen LogP contribution in [0.2, 0.25) is 0 Å². The van der Waals surface area contributed by atoms with E-state index in [0.29, 0.717) is 29.2 Å². The standard InChI is InChI=1S/C31H38F4N4O4S/c1-38(16-17-42-2)23-11-9-22(10-12-23)37-27-7-4-8-29-26(27)18-24(39(29)20-31(33,34)35)6-5-15-36-28-14-13-25(44(3,40)41)19-30(28)43-21-32/h4,7-8,13-14,18-19,22-23,36-37H,9-12,15-17,20-21H2,1-3H3.